The second-order valence-corrected chi connectivity index (χ2v) is 9.44. The molecule has 1 aliphatic heterocycles. The van der Waals surface area contributed by atoms with Crippen molar-refractivity contribution < 1.29 is 19.1 Å². The average Bonchev–Trinajstić information content (AvgIpc) is 3.08. The van der Waals surface area contributed by atoms with E-state index in [1.807, 2.05) is 67.6 Å². The highest BCUT2D eigenvalue weighted by Gasteiger charge is 2.36. The maximum atomic E-state index is 12.8. The van der Waals surface area contributed by atoms with Crippen LogP contribution in [0.1, 0.15) is 16.7 Å². The van der Waals surface area contributed by atoms with Gasteiger partial charge in [-0.15, -0.1) is 0 Å². The zero-order valence-corrected chi connectivity index (χ0v) is 20.7. The molecule has 1 heterocycles. The molecule has 0 saturated carbocycles. The summed E-state index contributed by atoms with van der Waals surface area (Å²) in [7, 11) is 0. The Bertz CT molecular complexity index is 1280. The van der Waals surface area contributed by atoms with E-state index in [2.05, 4.69) is 21.2 Å². The summed E-state index contributed by atoms with van der Waals surface area (Å²) < 4.78 is 6.59. The standard InChI is InChI=1S/C26H21BrN2O4S/c1-17-7-5-6-10-21(17)28-24(30)15-29-25(31)23(34-26(29)32)14-19-11-12-22(20(27)13-19)33-16-18-8-3-2-4-9-18/h2-14H,15-16H2,1H3,(H,28,30)/b23-14+. The molecule has 1 aliphatic rings. The highest BCUT2D eigenvalue weighted by molar-refractivity contribution is 9.10. The number of benzene rings is 3. The van der Waals surface area contributed by atoms with Crippen molar-refractivity contribution in [3.63, 3.8) is 0 Å². The minimum Gasteiger partial charge on any atom is -0.488 e. The quantitative estimate of drug-likeness (QED) is 0.374. The smallest absolute Gasteiger partial charge is 0.294 e. The van der Waals surface area contributed by atoms with Gasteiger partial charge in [-0.3, -0.25) is 19.3 Å². The van der Waals surface area contributed by atoms with Crippen LogP contribution in [0.3, 0.4) is 0 Å². The van der Waals surface area contributed by atoms with Gasteiger partial charge in [-0.2, -0.15) is 0 Å². The van der Waals surface area contributed by atoms with Gasteiger partial charge in [0.05, 0.1) is 9.38 Å². The lowest BCUT2D eigenvalue weighted by Crippen LogP contribution is -2.36. The number of hydrogen-bond acceptors (Lipinski definition) is 5. The predicted octanol–water partition coefficient (Wildman–Crippen LogP) is 6.01. The third kappa shape index (κ3) is 5.76. The van der Waals surface area contributed by atoms with Gasteiger partial charge in [0.2, 0.25) is 5.91 Å². The van der Waals surface area contributed by atoms with Gasteiger partial charge in [-0.1, -0.05) is 54.6 Å². The van der Waals surface area contributed by atoms with E-state index in [0.29, 0.717) is 18.0 Å². The molecule has 1 fully saturated rings. The molecule has 3 amide bonds. The van der Waals surface area contributed by atoms with Gasteiger partial charge in [0.25, 0.3) is 11.1 Å². The number of amides is 3. The SMILES string of the molecule is Cc1ccccc1NC(=O)CN1C(=O)S/C(=C/c2ccc(OCc3ccccc3)c(Br)c2)C1=O. The first-order valence-corrected chi connectivity index (χ1v) is 12.1. The molecule has 0 bridgehead atoms. The maximum Gasteiger partial charge on any atom is 0.294 e. The molecule has 0 radical (unpaired) electrons. The van der Waals surface area contributed by atoms with Gasteiger partial charge in [0, 0.05) is 5.69 Å². The Morgan fingerprint density at radius 2 is 1.79 bits per heavy atom. The number of carbonyl (C=O) groups is 3. The van der Waals surface area contributed by atoms with E-state index in [9.17, 15) is 14.4 Å². The molecule has 6 nitrogen and oxygen atoms in total. The number of para-hydroxylation sites is 1. The first kappa shape index (κ1) is 23.8. The summed E-state index contributed by atoms with van der Waals surface area (Å²) in [6.45, 7) is 1.96. The molecule has 0 atom stereocenters. The van der Waals surface area contributed by atoms with Crippen LogP contribution in [-0.2, 0) is 16.2 Å². The Labute approximate surface area is 210 Å². The number of ether oxygens (including phenoxy) is 1. The van der Waals surface area contributed by atoms with Crippen molar-refractivity contribution in [2.24, 2.45) is 0 Å². The normalized spacial score (nSPS) is 14.5. The second kappa shape index (κ2) is 10.7. The maximum absolute atomic E-state index is 12.8. The van der Waals surface area contributed by atoms with Crippen LogP contribution in [0.5, 0.6) is 5.75 Å². The molecule has 1 N–H and O–H groups in total. The van der Waals surface area contributed by atoms with E-state index < -0.39 is 17.1 Å². The fourth-order valence-corrected chi connectivity index (χ4v) is 4.64. The Morgan fingerprint density at radius 3 is 2.53 bits per heavy atom. The lowest BCUT2D eigenvalue weighted by Gasteiger charge is -2.13. The number of anilines is 1. The van der Waals surface area contributed by atoms with Crippen molar-refractivity contribution in [1.82, 2.24) is 4.90 Å². The molecule has 1 saturated heterocycles. The summed E-state index contributed by atoms with van der Waals surface area (Å²) in [5.74, 6) is -0.252. The monoisotopic (exact) mass is 536 g/mol. The number of halogens is 1. The Morgan fingerprint density at radius 1 is 1.06 bits per heavy atom. The molecular formula is C26H21BrN2O4S. The van der Waals surface area contributed by atoms with Crippen LogP contribution in [0.4, 0.5) is 10.5 Å². The molecule has 34 heavy (non-hydrogen) atoms. The van der Waals surface area contributed by atoms with Gasteiger partial charge in [0.15, 0.2) is 0 Å². The summed E-state index contributed by atoms with van der Waals surface area (Å²) in [5.41, 5.74) is 3.33. The van der Waals surface area contributed by atoms with Crippen LogP contribution < -0.4 is 10.1 Å². The van der Waals surface area contributed by atoms with Crippen LogP contribution in [0, 0.1) is 6.92 Å². The number of nitrogens with one attached hydrogen (secondary N) is 1. The van der Waals surface area contributed by atoms with E-state index >= 15 is 0 Å². The molecule has 0 unspecified atom stereocenters. The number of thioether (sulfide) groups is 1. The highest BCUT2D eigenvalue weighted by Crippen LogP contribution is 2.34. The number of nitrogens with zero attached hydrogens (tertiary/aromatic N) is 1. The van der Waals surface area contributed by atoms with Crippen LogP contribution >= 0.6 is 27.7 Å². The molecule has 172 valence electrons. The predicted molar refractivity (Wildman–Crippen MR) is 137 cm³/mol. The largest absolute Gasteiger partial charge is 0.488 e. The molecule has 3 aromatic rings. The van der Waals surface area contributed by atoms with Gasteiger partial charge in [-0.25, -0.2) is 0 Å². The first-order chi connectivity index (χ1) is 16.4. The van der Waals surface area contributed by atoms with E-state index in [1.165, 1.54) is 0 Å². The van der Waals surface area contributed by atoms with Crippen molar-refractivity contribution in [2.45, 2.75) is 13.5 Å². The first-order valence-electron chi connectivity index (χ1n) is 10.5. The van der Waals surface area contributed by atoms with Crippen molar-refractivity contribution in [3.05, 3.63) is 98.9 Å². The fourth-order valence-electron chi connectivity index (χ4n) is 3.29. The van der Waals surface area contributed by atoms with Gasteiger partial charge in [0.1, 0.15) is 18.9 Å². The molecule has 8 heteroatoms. The molecule has 0 aliphatic carbocycles. The molecule has 0 aromatic heterocycles. The zero-order chi connectivity index (χ0) is 24.1. The summed E-state index contributed by atoms with van der Waals surface area (Å²) >= 11 is 4.32. The van der Waals surface area contributed by atoms with Crippen LogP contribution in [0.2, 0.25) is 0 Å². The molecule has 4 rings (SSSR count). The highest BCUT2D eigenvalue weighted by atomic mass is 79.9. The Balaban J connectivity index is 1.40. The lowest BCUT2D eigenvalue weighted by atomic mass is 10.2. The number of rotatable bonds is 7. The van der Waals surface area contributed by atoms with E-state index in [1.54, 1.807) is 18.2 Å². The van der Waals surface area contributed by atoms with Crippen molar-refractivity contribution in [2.75, 3.05) is 11.9 Å². The topological polar surface area (TPSA) is 75.7 Å². The second-order valence-electron chi connectivity index (χ2n) is 7.60. The van der Waals surface area contributed by atoms with E-state index in [0.717, 1.165) is 37.8 Å². The van der Waals surface area contributed by atoms with E-state index in [-0.39, 0.29) is 11.4 Å². The minimum atomic E-state index is -0.490. The third-order valence-corrected chi connectivity index (χ3v) is 6.61. The van der Waals surface area contributed by atoms with Crippen molar-refractivity contribution >= 4 is 56.5 Å². The Hall–Kier alpha value is -3.36. The van der Waals surface area contributed by atoms with Gasteiger partial charge < -0.3 is 10.1 Å². The molecule has 0 spiro atoms. The summed E-state index contributed by atoms with van der Waals surface area (Å²) in [6, 6.07) is 22.6. The van der Waals surface area contributed by atoms with Crippen molar-refractivity contribution in [1.29, 1.82) is 0 Å². The average molecular weight is 537 g/mol. The van der Waals surface area contributed by atoms with E-state index in [4.69, 9.17) is 4.74 Å². The molecular weight excluding hydrogens is 516 g/mol. The lowest BCUT2D eigenvalue weighted by molar-refractivity contribution is -0.127. The zero-order valence-electron chi connectivity index (χ0n) is 18.3. The summed E-state index contributed by atoms with van der Waals surface area (Å²) in [6.07, 6.45) is 1.63. The number of hydrogen-bond donors (Lipinski definition) is 1. The Kier molecular flexibility index (Phi) is 7.49. The van der Waals surface area contributed by atoms with Crippen LogP contribution in [0.25, 0.3) is 6.08 Å². The van der Waals surface area contributed by atoms with Crippen LogP contribution in [-0.4, -0.2) is 28.5 Å². The summed E-state index contributed by atoms with van der Waals surface area (Å²) in [5, 5.41) is 2.27. The number of aryl methyl sites for hydroxylation is 1. The van der Waals surface area contributed by atoms with Crippen molar-refractivity contribution in [3.8, 4) is 5.75 Å². The number of carbonyl (C=O) groups excluding carboxylic acids is 3. The number of imide groups is 1. The van der Waals surface area contributed by atoms with Crippen LogP contribution in [0.15, 0.2) is 82.2 Å². The summed E-state index contributed by atoms with van der Waals surface area (Å²) in [4.78, 5) is 38.8. The van der Waals surface area contributed by atoms with Gasteiger partial charge in [-0.05, 0) is 75.6 Å². The minimum absolute atomic E-state index is 0.263. The fraction of sp³-hybridized carbons (Fsp3) is 0.115. The van der Waals surface area contributed by atoms with Gasteiger partial charge >= 0.3 is 0 Å². The molecule has 3 aromatic carbocycles. The third-order valence-electron chi connectivity index (χ3n) is 5.09.